The highest BCUT2D eigenvalue weighted by atomic mass is 35.5. The molecule has 4 nitrogen and oxygen atoms in total. The summed E-state index contributed by atoms with van der Waals surface area (Å²) in [6, 6.07) is 3.10. The molecule has 0 radical (unpaired) electrons. The minimum atomic E-state index is -4.53. The highest BCUT2D eigenvalue weighted by molar-refractivity contribution is 6.02. The molecule has 1 aromatic carbocycles. The molecular weight excluding hydrogens is 295 g/mol. The zero-order valence-corrected chi connectivity index (χ0v) is 11.7. The molecule has 0 fully saturated rings. The number of carbonyl (C=O) groups excluding carboxylic acids is 1. The maximum Gasteiger partial charge on any atom is 0.416 e. The van der Waals surface area contributed by atoms with Crippen molar-refractivity contribution in [2.75, 3.05) is 0 Å². The molecule has 0 aliphatic rings. The Balaban J connectivity index is 0.00000361. The molecule has 0 bridgehead atoms. The van der Waals surface area contributed by atoms with Gasteiger partial charge in [-0.05, 0) is 29.7 Å². The molecule has 1 aromatic rings. The molecule has 0 saturated heterocycles. The number of hydrogen-bond acceptors (Lipinski definition) is 1. The third-order valence-electron chi connectivity index (χ3n) is 2.43. The largest absolute Gasteiger partial charge is 0.416 e. The summed E-state index contributed by atoms with van der Waals surface area (Å²) in [6.45, 7) is 3.45. The van der Waals surface area contributed by atoms with Crippen molar-refractivity contribution in [3.8, 4) is 0 Å². The average molecular weight is 310 g/mol. The Bertz CT molecular complexity index is 523. The Morgan fingerprint density at radius 2 is 1.75 bits per heavy atom. The highest BCUT2D eigenvalue weighted by Gasteiger charge is 2.32. The lowest BCUT2D eigenvalue weighted by molar-refractivity contribution is -0.137. The van der Waals surface area contributed by atoms with Crippen LogP contribution in [0, 0.1) is 0 Å². The SMILES string of the molecule is CC(C)c1cc(C(=O)N=C(N)N)cc(C(F)(F)F)c1.Cl. The van der Waals surface area contributed by atoms with Gasteiger partial charge in [-0.1, -0.05) is 13.8 Å². The van der Waals surface area contributed by atoms with Gasteiger partial charge in [-0.2, -0.15) is 18.2 Å². The molecule has 20 heavy (non-hydrogen) atoms. The van der Waals surface area contributed by atoms with Gasteiger partial charge in [-0.15, -0.1) is 12.4 Å². The predicted molar refractivity (Wildman–Crippen MR) is 72.9 cm³/mol. The first kappa shape index (κ1) is 18.2. The van der Waals surface area contributed by atoms with Crippen molar-refractivity contribution < 1.29 is 18.0 Å². The van der Waals surface area contributed by atoms with E-state index < -0.39 is 23.6 Å². The van der Waals surface area contributed by atoms with Crippen molar-refractivity contribution in [3.63, 3.8) is 0 Å². The third-order valence-corrected chi connectivity index (χ3v) is 2.43. The molecule has 8 heteroatoms. The van der Waals surface area contributed by atoms with Crippen LogP contribution in [0.5, 0.6) is 0 Å². The number of nitrogens with two attached hydrogens (primary N) is 2. The minimum absolute atomic E-state index is 0. The van der Waals surface area contributed by atoms with Crippen LogP contribution < -0.4 is 11.5 Å². The monoisotopic (exact) mass is 309 g/mol. The van der Waals surface area contributed by atoms with Crippen LogP contribution in [0.15, 0.2) is 23.2 Å². The molecule has 0 atom stereocenters. The van der Waals surface area contributed by atoms with E-state index in [9.17, 15) is 18.0 Å². The standard InChI is InChI=1S/C12H14F3N3O.ClH/c1-6(2)7-3-8(10(19)18-11(16)17)5-9(4-7)12(13,14)15;/h3-6H,1-2H3,(H4,16,17,18,19);1H. The van der Waals surface area contributed by atoms with Crippen LogP contribution in [0.25, 0.3) is 0 Å². The van der Waals surface area contributed by atoms with Gasteiger partial charge in [-0.3, -0.25) is 4.79 Å². The molecule has 1 rings (SSSR count). The number of hydrogen-bond donors (Lipinski definition) is 2. The van der Waals surface area contributed by atoms with Crippen molar-refractivity contribution in [2.24, 2.45) is 16.5 Å². The molecule has 0 saturated carbocycles. The second kappa shape index (κ2) is 6.60. The van der Waals surface area contributed by atoms with E-state index in [1.807, 2.05) is 0 Å². The van der Waals surface area contributed by atoms with E-state index in [-0.39, 0.29) is 23.9 Å². The van der Waals surface area contributed by atoms with Gasteiger partial charge in [0, 0.05) is 5.56 Å². The molecule has 1 amide bonds. The summed E-state index contributed by atoms with van der Waals surface area (Å²) in [7, 11) is 0. The number of halogens is 4. The molecule has 0 spiro atoms. The van der Waals surface area contributed by atoms with Gasteiger partial charge in [0.05, 0.1) is 5.56 Å². The number of guanidine groups is 1. The summed E-state index contributed by atoms with van der Waals surface area (Å²) < 4.78 is 38.2. The number of rotatable bonds is 2. The first-order valence-electron chi connectivity index (χ1n) is 5.47. The summed E-state index contributed by atoms with van der Waals surface area (Å²) in [5.41, 5.74) is 9.38. The number of alkyl halides is 3. The average Bonchev–Trinajstić information content (AvgIpc) is 2.26. The Labute approximate surface area is 120 Å². The smallest absolute Gasteiger partial charge is 0.370 e. The van der Waals surface area contributed by atoms with Gasteiger partial charge in [0.1, 0.15) is 0 Å². The second-order valence-electron chi connectivity index (χ2n) is 4.34. The second-order valence-corrected chi connectivity index (χ2v) is 4.34. The summed E-state index contributed by atoms with van der Waals surface area (Å²) in [4.78, 5) is 14.8. The Hall–Kier alpha value is -1.76. The first-order valence-corrected chi connectivity index (χ1v) is 5.47. The molecule has 0 aromatic heterocycles. The maximum absolute atomic E-state index is 12.7. The lowest BCUT2D eigenvalue weighted by atomic mass is 9.97. The zero-order valence-electron chi connectivity index (χ0n) is 10.9. The van der Waals surface area contributed by atoms with E-state index in [1.165, 1.54) is 6.07 Å². The van der Waals surface area contributed by atoms with E-state index in [0.717, 1.165) is 12.1 Å². The molecular formula is C12H15ClF3N3O. The van der Waals surface area contributed by atoms with Gasteiger partial charge < -0.3 is 11.5 Å². The number of amides is 1. The number of nitrogens with zero attached hydrogens (tertiary/aromatic N) is 1. The normalized spacial score (nSPS) is 10.9. The summed E-state index contributed by atoms with van der Waals surface area (Å²) >= 11 is 0. The van der Waals surface area contributed by atoms with E-state index >= 15 is 0 Å². The fourth-order valence-corrected chi connectivity index (χ4v) is 1.45. The summed E-state index contributed by atoms with van der Waals surface area (Å²) in [6.07, 6.45) is -4.53. The number of benzene rings is 1. The van der Waals surface area contributed by atoms with E-state index in [0.29, 0.717) is 5.56 Å². The van der Waals surface area contributed by atoms with Gasteiger partial charge in [0.15, 0.2) is 5.96 Å². The van der Waals surface area contributed by atoms with Crippen LogP contribution in [0.3, 0.4) is 0 Å². The predicted octanol–water partition coefficient (Wildman–Crippen LogP) is 2.66. The Morgan fingerprint density at radius 1 is 1.20 bits per heavy atom. The van der Waals surface area contributed by atoms with Gasteiger partial charge in [0.2, 0.25) is 0 Å². The maximum atomic E-state index is 12.7. The molecule has 112 valence electrons. The fourth-order valence-electron chi connectivity index (χ4n) is 1.45. The van der Waals surface area contributed by atoms with Crippen molar-refractivity contribution >= 4 is 24.3 Å². The van der Waals surface area contributed by atoms with Crippen LogP contribution in [-0.2, 0) is 6.18 Å². The van der Waals surface area contributed by atoms with Gasteiger partial charge >= 0.3 is 6.18 Å². The first-order chi connectivity index (χ1) is 8.61. The lowest BCUT2D eigenvalue weighted by Crippen LogP contribution is -2.24. The highest BCUT2D eigenvalue weighted by Crippen LogP contribution is 2.32. The third kappa shape index (κ3) is 4.73. The number of aliphatic imine (C=N–C) groups is 1. The van der Waals surface area contributed by atoms with Crippen molar-refractivity contribution in [1.29, 1.82) is 0 Å². The van der Waals surface area contributed by atoms with Gasteiger partial charge in [0.25, 0.3) is 5.91 Å². The molecule has 0 aliphatic carbocycles. The van der Waals surface area contributed by atoms with Crippen molar-refractivity contribution in [3.05, 3.63) is 34.9 Å². The number of carbonyl (C=O) groups is 1. The molecule has 0 heterocycles. The molecule has 0 aliphatic heterocycles. The minimum Gasteiger partial charge on any atom is -0.370 e. The van der Waals surface area contributed by atoms with Crippen LogP contribution in [0.1, 0.15) is 41.3 Å². The fraction of sp³-hybridized carbons (Fsp3) is 0.333. The van der Waals surface area contributed by atoms with Crippen LogP contribution in [-0.4, -0.2) is 11.9 Å². The molecule has 4 N–H and O–H groups in total. The summed E-state index contributed by atoms with van der Waals surface area (Å²) in [5, 5.41) is 0. The topological polar surface area (TPSA) is 81.5 Å². The van der Waals surface area contributed by atoms with E-state index in [1.54, 1.807) is 13.8 Å². The van der Waals surface area contributed by atoms with Crippen molar-refractivity contribution in [2.45, 2.75) is 25.9 Å². The summed E-state index contributed by atoms with van der Waals surface area (Å²) in [5.74, 6) is -1.55. The molecule has 0 unspecified atom stereocenters. The Kier molecular flexibility index (Phi) is 6.02. The van der Waals surface area contributed by atoms with E-state index in [4.69, 9.17) is 11.5 Å². The quantitative estimate of drug-likeness (QED) is 0.651. The van der Waals surface area contributed by atoms with Gasteiger partial charge in [-0.25, -0.2) is 0 Å². The van der Waals surface area contributed by atoms with Crippen LogP contribution in [0.4, 0.5) is 13.2 Å². The van der Waals surface area contributed by atoms with E-state index in [2.05, 4.69) is 4.99 Å². The van der Waals surface area contributed by atoms with Crippen LogP contribution in [0.2, 0.25) is 0 Å². The van der Waals surface area contributed by atoms with Crippen molar-refractivity contribution in [1.82, 2.24) is 0 Å². The van der Waals surface area contributed by atoms with Crippen LogP contribution >= 0.6 is 12.4 Å². The Morgan fingerprint density at radius 3 is 2.15 bits per heavy atom. The zero-order chi connectivity index (χ0) is 14.8. The lowest BCUT2D eigenvalue weighted by Gasteiger charge is -2.13.